The van der Waals surface area contributed by atoms with Gasteiger partial charge >= 0.3 is 0 Å². The number of hydrogen-bond donors (Lipinski definition) is 0. The Morgan fingerprint density at radius 3 is 2.53 bits per heavy atom. The van der Waals surface area contributed by atoms with E-state index in [9.17, 15) is 14.0 Å². The fourth-order valence-electron chi connectivity index (χ4n) is 3.06. The Kier molecular flexibility index (Phi) is 2.18. The lowest BCUT2D eigenvalue weighted by Crippen LogP contribution is -2.33. The molecule has 1 saturated carbocycles. The minimum absolute atomic E-state index is 0.0412. The highest BCUT2D eigenvalue weighted by molar-refractivity contribution is 6.05. The zero-order chi connectivity index (χ0) is 12.0. The lowest BCUT2D eigenvalue weighted by atomic mass is 9.71. The van der Waals surface area contributed by atoms with Crippen LogP contribution in [0.4, 0.5) is 4.39 Å². The van der Waals surface area contributed by atoms with Crippen LogP contribution in [-0.2, 0) is 11.2 Å². The minimum atomic E-state index is -0.413. The van der Waals surface area contributed by atoms with Crippen molar-refractivity contribution < 1.29 is 14.0 Å². The van der Waals surface area contributed by atoms with Gasteiger partial charge < -0.3 is 0 Å². The van der Waals surface area contributed by atoms with E-state index in [0.29, 0.717) is 37.7 Å². The zero-order valence-corrected chi connectivity index (χ0v) is 9.46. The molecule has 0 unspecified atom stereocenters. The summed E-state index contributed by atoms with van der Waals surface area (Å²) in [5.74, 6) is -0.0777. The molecule has 3 heteroatoms. The summed E-state index contributed by atoms with van der Waals surface area (Å²) >= 11 is 0. The monoisotopic (exact) mass is 232 g/mol. The van der Waals surface area contributed by atoms with E-state index < -0.39 is 5.41 Å². The molecule has 0 N–H and O–H groups in total. The van der Waals surface area contributed by atoms with E-state index in [1.807, 2.05) is 0 Å². The van der Waals surface area contributed by atoms with Gasteiger partial charge in [0.25, 0.3) is 0 Å². The van der Waals surface area contributed by atoms with Gasteiger partial charge in [0.15, 0.2) is 5.78 Å². The van der Waals surface area contributed by atoms with Crippen molar-refractivity contribution in [2.75, 3.05) is 0 Å². The predicted octanol–water partition coefficient (Wildman–Crippen LogP) is 2.69. The number of carbonyl (C=O) groups is 2. The maximum Gasteiger partial charge on any atom is 0.169 e. The predicted molar refractivity (Wildman–Crippen MR) is 60.3 cm³/mol. The normalized spacial score (nSPS) is 21.9. The molecule has 1 spiro atoms. The average Bonchev–Trinajstić information content (AvgIpc) is 2.58. The number of benzene rings is 1. The second kappa shape index (κ2) is 3.49. The first-order chi connectivity index (χ1) is 8.11. The summed E-state index contributed by atoms with van der Waals surface area (Å²) in [5, 5.41) is 0. The van der Waals surface area contributed by atoms with Gasteiger partial charge in [-0.15, -0.1) is 0 Å². The number of rotatable bonds is 0. The third kappa shape index (κ3) is 1.53. The number of carbonyl (C=O) groups excluding carboxylic acids is 2. The van der Waals surface area contributed by atoms with Crippen molar-refractivity contribution in [3.8, 4) is 0 Å². The van der Waals surface area contributed by atoms with Gasteiger partial charge in [0.2, 0.25) is 0 Å². The van der Waals surface area contributed by atoms with Gasteiger partial charge in [-0.25, -0.2) is 4.39 Å². The molecular weight excluding hydrogens is 219 g/mol. The van der Waals surface area contributed by atoms with Gasteiger partial charge in [-0.3, -0.25) is 9.59 Å². The van der Waals surface area contributed by atoms with Crippen molar-refractivity contribution in [1.29, 1.82) is 0 Å². The van der Waals surface area contributed by atoms with Crippen LogP contribution in [-0.4, -0.2) is 11.6 Å². The van der Waals surface area contributed by atoms with E-state index in [0.717, 1.165) is 5.56 Å². The minimum Gasteiger partial charge on any atom is -0.300 e. The summed E-state index contributed by atoms with van der Waals surface area (Å²) in [6.45, 7) is 0. The number of fused-ring (bicyclic) bond motifs is 1. The standard InChI is InChI=1S/C14H13FO2/c15-10-2-1-9-8-14(13(17)12(9)7-10)5-3-11(16)4-6-14/h1-2,7H,3-6,8H2. The van der Waals surface area contributed by atoms with Crippen LogP contribution in [0.5, 0.6) is 0 Å². The second-order valence-corrected chi connectivity index (χ2v) is 5.13. The quantitative estimate of drug-likeness (QED) is 0.689. The summed E-state index contributed by atoms with van der Waals surface area (Å²) in [6.07, 6.45) is 2.90. The number of ketones is 2. The van der Waals surface area contributed by atoms with Crippen molar-refractivity contribution in [3.05, 3.63) is 35.1 Å². The highest BCUT2D eigenvalue weighted by atomic mass is 19.1. The number of halogens is 1. The molecule has 1 aromatic carbocycles. The first kappa shape index (κ1) is 10.6. The molecular formula is C14H13FO2. The molecule has 0 aromatic heterocycles. The maximum absolute atomic E-state index is 13.1. The molecule has 0 atom stereocenters. The van der Waals surface area contributed by atoms with Crippen molar-refractivity contribution in [2.24, 2.45) is 5.41 Å². The van der Waals surface area contributed by atoms with Crippen molar-refractivity contribution in [3.63, 3.8) is 0 Å². The van der Waals surface area contributed by atoms with Crippen LogP contribution >= 0.6 is 0 Å². The Bertz CT molecular complexity index is 509. The third-order valence-electron chi connectivity index (χ3n) is 4.09. The van der Waals surface area contributed by atoms with E-state index in [4.69, 9.17) is 0 Å². The molecule has 0 heterocycles. The van der Waals surface area contributed by atoms with Gasteiger partial charge in [0.05, 0.1) is 0 Å². The maximum atomic E-state index is 13.1. The summed E-state index contributed by atoms with van der Waals surface area (Å²) in [6, 6.07) is 4.44. The van der Waals surface area contributed by atoms with E-state index in [2.05, 4.69) is 0 Å². The van der Waals surface area contributed by atoms with Crippen LogP contribution in [0.1, 0.15) is 41.6 Å². The van der Waals surface area contributed by atoms with E-state index in [1.54, 1.807) is 6.07 Å². The molecule has 0 bridgehead atoms. The molecule has 0 amide bonds. The van der Waals surface area contributed by atoms with Gasteiger partial charge in [-0.2, -0.15) is 0 Å². The van der Waals surface area contributed by atoms with E-state index >= 15 is 0 Å². The molecule has 0 radical (unpaired) electrons. The van der Waals surface area contributed by atoms with Gasteiger partial charge in [0, 0.05) is 23.8 Å². The Balaban J connectivity index is 1.98. The van der Waals surface area contributed by atoms with Crippen LogP contribution in [0, 0.1) is 11.2 Å². The smallest absolute Gasteiger partial charge is 0.169 e. The van der Waals surface area contributed by atoms with Gasteiger partial charge in [0.1, 0.15) is 11.6 Å². The summed E-state index contributed by atoms with van der Waals surface area (Å²) in [7, 11) is 0. The number of Topliss-reactive ketones (excluding diaryl/α,β-unsaturated/α-hetero) is 2. The van der Waals surface area contributed by atoms with Crippen LogP contribution < -0.4 is 0 Å². The molecule has 1 fully saturated rings. The molecule has 3 rings (SSSR count). The lowest BCUT2D eigenvalue weighted by Gasteiger charge is -2.30. The zero-order valence-electron chi connectivity index (χ0n) is 9.46. The number of hydrogen-bond acceptors (Lipinski definition) is 2. The highest BCUT2D eigenvalue weighted by Crippen LogP contribution is 2.46. The first-order valence-electron chi connectivity index (χ1n) is 5.96. The molecule has 2 aliphatic rings. The van der Waals surface area contributed by atoms with E-state index in [-0.39, 0.29) is 17.4 Å². The molecule has 0 aliphatic heterocycles. The Morgan fingerprint density at radius 2 is 1.82 bits per heavy atom. The fourth-order valence-corrected chi connectivity index (χ4v) is 3.06. The van der Waals surface area contributed by atoms with Crippen molar-refractivity contribution in [2.45, 2.75) is 32.1 Å². The van der Waals surface area contributed by atoms with Crippen molar-refractivity contribution >= 4 is 11.6 Å². The molecule has 1 aromatic rings. The molecule has 2 aliphatic carbocycles. The lowest BCUT2D eigenvalue weighted by molar-refractivity contribution is -0.121. The van der Waals surface area contributed by atoms with Gasteiger partial charge in [-0.05, 0) is 37.0 Å². The SMILES string of the molecule is O=C1CCC2(CC1)Cc1ccc(F)cc1C2=O. The second-order valence-electron chi connectivity index (χ2n) is 5.13. The van der Waals surface area contributed by atoms with Crippen LogP contribution in [0.15, 0.2) is 18.2 Å². The van der Waals surface area contributed by atoms with Gasteiger partial charge in [-0.1, -0.05) is 6.07 Å². The Hall–Kier alpha value is -1.51. The highest BCUT2D eigenvalue weighted by Gasteiger charge is 2.47. The summed E-state index contributed by atoms with van der Waals surface area (Å²) in [5.41, 5.74) is 1.05. The summed E-state index contributed by atoms with van der Waals surface area (Å²) in [4.78, 5) is 23.6. The largest absolute Gasteiger partial charge is 0.300 e. The molecule has 88 valence electrons. The molecule has 2 nitrogen and oxygen atoms in total. The van der Waals surface area contributed by atoms with Crippen LogP contribution in [0.25, 0.3) is 0 Å². The summed E-state index contributed by atoms with van der Waals surface area (Å²) < 4.78 is 13.1. The fraction of sp³-hybridized carbons (Fsp3) is 0.429. The van der Waals surface area contributed by atoms with Crippen molar-refractivity contribution in [1.82, 2.24) is 0 Å². The van der Waals surface area contributed by atoms with E-state index in [1.165, 1.54) is 12.1 Å². The van der Waals surface area contributed by atoms with Crippen LogP contribution in [0.2, 0.25) is 0 Å². The third-order valence-corrected chi connectivity index (χ3v) is 4.09. The first-order valence-corrected chi connectivity index (χ1v) is 5.96. The molecule has 0 saturated heterocycles. The van der Waals surface area contributed by atoms with Crippen LogP contribution in [0.3, 0.4) is 0 Å². The Labute approximate surface area is 98.8 Å². The molecule has 17 heavy (non-hydrogen) atoms. The topological polar surface area (TPSA) is 34.1 Å². The Morgan fingerprint density at radius 1 is 1.12 bits per heavy atom. The average molecular weight is 232 g/mol.